The van der Waals surface area contributed by atoms with Crippen molar-refractivity contribution in [3.63, 3.8) is 0 Å². The Morgan fingerprint density at radius 2 is 2.09 bits per heavy atom. The molecule has 6 heteroatoms. The smallest absolute Gasteiger partial charge is 0.264 e. The standard InChI is InChI=1S/C17H17NO3S2/c19-16(18-23(20,21)13-7-9-22-11-13)15-10-17(15)8-3-5-12-4-1-2-6-14(12)17/h1-2,4,6-7,9,11,15H,3,5,8,10H2,(H,18,19). The summed E-state index contributed by atoms with van der Waals surface area (Å²) in [6, 6.07) is 9.75. The van der Waals surface area contributed by atoms with Crippen molar-refractivity contribution in [3.8, 4) is 0 Å². The van der Waals surface area contributed by atoms with Crippen LogP contribution in [0.25, 0.3) is 0 Å². The molecule has 23 heavy (non-hydrogen) atoms. The van der Waals surface area contributed by atoms with E-state index in [-0.39, 0.29) is 22.1 Å². The molecule has 1 heterocycles. The van der Waals surface area contributed by atoms with Crippen molar-refractivity contribution in [3.05, 3.63) is 52.2 Å². The number of amides is 1. The fourth-order valence-corrected chi connectivity index (χ4v) is 5.89. The maximum absolute atomic E-state index is 12.5. The number of hydrogen-bond acceptors (Lipinski definition) is 4. The average Bonchev–Trinajstić information content (AvgIpc) is 2.98. The van der Waals surface area contributed by atoms with E-state index in [2.05, 4.69) is 16.9 Å². The molecule has 0 radical (unpaired) electrons. The first-order valence-corrected chi connectivity index (χ1v) is 10.1. The molecule has 1 amide bonds. The second-order valence-electron chi connectivity index (χ2n) is 6.35. The monoisotopic (exact) mass is 347 g/mol. The molecule has 0 saturated heterocycles. The minimum Gasteiger partial charge on any atom is -0.274 e. The van der Waals surface area contributed by atoms with E-state index in [1.165, 1.54) is 33.9 Å². The van der Waals surface area contributed by atoms with Crippen LogP contribution < -0.4 is 4.72 Å². The quantitative estimate of drug-likeness (QED) is 0.929. The average molecular weight is 347 g/mol. The number of sulfonamides is 1. The van der Waals surface area contributed by atoms with E-state index in [1.807, 2.05) is 12.1 Å². The van der Waals surface area contributed by atoms with E-state index in [0.29, 0.717) is 0 Å². The topological polar surface area (TPSA) is 63.2 Å². The lowest BCUT2D eigenvalue weighted by atomic mass is 9.78. The van der Waals surface area contributed by atoms with Crippen molar-refractivity contribution in [1.29, 1.82) is 0 Å². The number of benzene rings is 1. The molecule has 0 aliphatic heterocycles. The van der Waals surface area contributed by atoms with Gasteiger partial charge in [0.25, 0.3) is 10.0 Å². The van der Waals surface area contributed by atoms with Crippen molar-refractivity contribution >= 4 is 27.3 Å². The van der Waals surface area contributed by atoms with Crippen LogP contribution in [0.15, 0.2) is 46.0 Å². The van der Waals surface area contributed by atoms with Crippen molar-refractivity contribution in [2.45, 2.75) is 36.0 Å². The van der Waals surface area contributed by atoms with Gasteiger partial charge in [-0.15, -0.1) is 0 Å². The van der Waals surface area contributed by atoms with E-state index in [1.54, 1.807) is 5.38 Å². The van der Waals surface area contributed by atoms with Crippen LogP contribution in [0.1, 0.15) is 30.4 Å². The third-order valence-corrected chi connectivity index (χ3v) is 7.23. The van der Waals surface area contributed by atoms with Gasteiger partial charge >= 0.3 is 0 Å². The highest BCUT2D eigenvalue weighted by Crippen LogP contribution is 2.60. The van der Waals surface area contributed by atoms with Crippen LogP contribution >= 0.6 is 11.3 Å². The number of fused-ring (bicyclic) bond motifs is 2. The Hall–Kier alpha value is -1.66. The maximum Gasteiger partial charge on any atom is 0.264 e. The molecular weight excluding hydrogens is 330 g/mol. The Morgan fingerprint density at radius 3 is 2.87 bits per heavy atom. The fourth-order valence-electron chi connectivity index (χ4n) is 3.84. The first-order chi connectivity index (χ1) is 11.0. The molecule has 2 atom stereocenters. The van der Waals surface area contributed by atoms with Gasteiger partial charge in [-0.25, -0.2) is 13.1 Å². The Morgan fingerprint density at radius 1 is 1.26 bits per heavy atom. The van der Waals surface area contributed by atoms with E-state index in [0.717, 1.165) is 25.7 Å². The molecule has 4 nitrogen and oxygen atoms in total. The third kappa shape index (κ3) is 2.40. The van der Waals surface area contributed by atoms with Gasteiger partial charge in [-0.3, -0.25) is 4.79 Å². The molecule has 1 aromatic carbocycles. The molecule has 2 aliphatic carbocycles. The van der Waals surface area contributed by atoms with Gasteiger partial charge in [0.1, 0.15) is 0 Å². The zero-order chi connectivity index (χ0) is 16.1. The first kappa shape index (κ1) is 14.9. The SMILES string of the molecule is O=C(NS(=O)(=O)c1ccsc1)C1CC12CCCc1ccccc12. The highest BCUT2D eigenvalue weighted by molar-refractivity contribution is 7.90. The molecule has 2 aromatic rings. The summed E-state index contributed by atoms with van der Waals surface area (Å²) in [6.45, 7) is 0. The molecule has 0 bridgehead atoms. The molecule has 2 aliphatic rings. The van der Waals surface area contributed by atoms with Gasteiger partial charge in [-0.1, -0.05) is 24.3 Å². The number of nitrogens with one attached hydrogen (secondary N) is 1. The summed E-state index contributed by atoms with van der Waals surface area (Å²) in [5, 5.41) is 3.23. The lowest BCUT2D eigenvalue weighted by molar-refractivity contribution is -0.121. The van der Waals surface area contributed by atoms with Gasteiger partial charge in [0, 0.05) is 16.7 Å². The molecule has 4 rings (SSSR count). The zero-order valence-electron chi connectivity index (χ0n) is 12.5. The Bertz CT molecular complexity index is 858. The molecular formula is C17H17NO3S2. The van der Waals surface area contributed by atoms with Crippen LogP contribution in [0, 0.1) is 5.92 Å². The summed E-state index contributed by atoms with van der Waals surface area (Å²) < 4.78 is 26.7. The number of hydrogen-bond donors (Lipinski definition) is 1. The zero-order valence-corrected chi connectivity index (χ0v) is 14.1. The molecule has 1 spiro atoms. The number of thiophene rings is 1. The van der Waals surface area contributed by atoms with E-state index >= 15 is 0 Å². The third-order valence-electron chi connectivity index (χ3n) is 5.05. The molecule has 2 unspecified atom stereocenters. The van der Waals surface area contributed by atoms with E-state index in [4.69, 9.17) is 0 Å². The second kappa shape index (κ2) is 5.18. The largest absolute Gasteiger partial charge is 0.274 e. The van der Waals surface area contributed by atoms with Crippen LogP contribution in [-0.2, 0) is 26.7 Å². The van der Waals surface area contributed by atoms with Gasteiger partial charge in [0.2, 0.25) is 5.91 Å². The number of aryl methyl sites for hydroxylation is 1. The Kier molecular flexibility index (Phi) is 3.35. The minimum absolute atomic E-state index is 0.150. The van der Waals surface area contributed by atoms with Gasteiger partial charge in [-0.05, 0) is 48.3 Å². The highest BCUT2D eigenvalue weighted by Gasteiger charge is 2.60. The van der Waals surface area contributed by atoms with Gasteiger partial charge in [-0.2, -0.15) is 11.3 Å². The van der Waals surface area contributed by atoms with Gasteiger partial charge < -0.3 is 0 Å². The van der Waals surface area contributed by atoms with Crippen molar-refractivity contribution < 1.29 is 13.2 Å². The summed E-state index contributed by atoms with van der Waals surface area (Å²) >= 11 is 1.30. The summed E-state index contributed by atoms with van der Waals surface area (Å²) in [6.07, 6.45) is 3.80. The van der Waals surface area contributed by atoms with Crippen LogP contribution in [0.3, 0.4) is 0 Å². The van der Waals surface area contributed by atoms with E-state index < -0.39 is 10.0 Å². The second-order valence-corrected chi connectivity index (χ2v) is 8.81. The molecule has 120 valence electrons. The molecule has 1 fully saturated rings. The summed E-state index contributed by atoms with van der Waals surface area (Å²) in [5.74, 6) is -0.606. The fraction of sp³-hybridized carbons (Fsp3) is 0.353. The van der Waals surface area contributed by atoms with Crippen LogP contribution in [0.2, 0.25) is 0 Å². The maximum atomic E-state index is 12.5. The lowest BCUT2D eigenvalue weighted by Gasteiger charge is -2.26. The number of carbonyl (C=O) groups is 1. The summed E-state index contributed by atoms with van der Waals surface area (Å²) in [7, 11) is -3.74. The Labute approximate surface area is 139 Å². The molecule has 1 saturated carbocycles. The van der Waals surface area contributed by atoms with Gasteiger partial charge in [0.15, 0.2) is 0 Å². The van der Waals surface area contributed by atoms with Crippen LogP contribution in [0.5, 0.6) is 0 Å². The number of carbonyl (C=O) groups excluding carboxylic acids is 1. The van der Waals surface area contributed by atoms with Crippen LogP contribution in [-0.4, -0.2) is 14.3 Å². The van der Waals surface area contributed by atoms with Crippen LogP contribution in [0.4, 0.5) is 0 Å². The summed E-state index contributed by atoms with van der Waals surface area (Å²) in [5.41, 5.74) is 2.39. The first-order valence-electron chi connectivity index (χ1n) is 7.70. The molecule has 1 aromatic heterocycles. The van der Waals surface area contributed by atoms with E-state index in [9.17, 15) is 13.2 Å². The Balaban J connectivity index is 1.57. The number of rotatable bonds is 3. The van der Waals surface area contributed by atoms with Crippen molar-refractivity contribution in [1.82, 2.24) is 4.72 Å². The molecule has 1 N–H and O–H groups in total. The normalized spacial score (nSPS) is 25.8. The van der Waals surface area contributed by atoms with Crippen molar-refractivity contribution in [2.24, 2.45) is 5.92 Å². The minimum atomic E-state index is -3.74. The lowest BCUT2D eigenvalue weighted by Crippen LogP contribution is -2.34. The summed E-state index contributed by atoms with van der Waals surface area (Å²) in [4.78, 5) is 12.7. The predicted molar refractivity (Wildman–Crippen MR) is 88.8 cm³/mol. The predicted octanol–water partition coefficient (Wildman–Crippen LogP) is 2.85. The highest BCUT2D eigenvalue weighted by atomic mass is 32.2. The van der Waals surface area contributed by atoms with Gasteiger partial charge in [0.05, 0.1) is 4.90 Å². The van der Waals surface area contributed by atoms with Crippen molar-refractivity contribution in [2.75, 3.05) is 0 Å².